The minimum Gasteiger partial charge on any atom is -0.334 e. The Morgan fingerprint density at radius 3 is 2.94 bits per heavy atom. The Balaban J connectivity index is 1.99. The van der Waals surface area contributed by atoms with Crippen LogP contribution in [0.4, 0.5) is 0 Å². The van der Waals surface area contributed by atoms with E-state index in [0.29, 0.717) is 6.54 Å². The SMILES string of the molecule is Cc1cccc(CCn2cncc2CCN)c1. The molecule has 0 aliphatic rings. The van der Waals surface area contributed by atoms with Crippen molar-refractivity contribution >= 4 is 0 Å². The van der Waals surface area contributed by atoms with E-state index in [-0.39, 0.29) is 0 Å². The zero-order chi connectivity index (χ0) is 12.1. The molecule has 2 rings (SSSR count). The van der Waals surface area contributed by atoms with E-state index in [9.17, 15) is 0 Å². The maximum absolute atomic E-state index is 5.57. The molecule has 0 spiro atoms. The minimum absolute atomic E-state index is 0.677. The number of aryl methyl sites for hydroxylation is 3. The summed E-state index contributed by atoms with van der Waals surface area (Å²) in [6.45, 7) is 3.77. The molecule has 17 heavy (non-hydrogen) atoms. The van der Waals surface area contributed by atoms with Crippen LogP contribution in [0.25, 0.3) is 0 Å². The molecule has 2 N–H and O–H groups in total. The average Bonchev–Trinajstić information content (AvgIpc) is 2.75. The molecule has 0 saturated heterocycles. The Kier molecular flexibility index (Phi) is 3.94. The smallest absolute Gasteiger partial charge is 0.0948 e. The molecule has 0 bridgehead atoms. The predicted octanol–water partition coefficient (Wildman–Crippen LogP) is 1.94. The molecule has 3 nitrogen and oxygen atoms in total. The van der Waals surface area contributed by atoms with Gasteiger partial charge in [-0.2, -0.15) is 0 Å². The van der Waals surface area contributed by atoms with Crippen molar-refractivity contribution in [1.29, 1.82) is 0 Å². The van der Waals surface area contributed by atoms with Gasteiger partial charge in [-0.15, -0.1) is 0 Å². The first-order chi connectivity index (χ1) is 8.29. The van der Waals surface area contributed by atoms with Crippen LogP contribution in [0.3, 0.4) is 0 Å². The molecular formula is C14H19N3. The lowest BCUT2D eigenvalue weighted by Crippen LogP contribution is -2.09. The van der Waals surface area contributed by atoms with E-state index < -0.39 is 0 Å². The molecule has 0 aliphatic carbocycles. The molecule has 0 amide bonds. The quantitative estimate of drug-likeness (QED) is 0.851. The Labute approximate surface area is 102 Å². The van der Waals surface area contributed by atoms with Crippen molar-refractivity contribution in [2.45, 2.75) is 26.3 Å². The number of hydrogen-bond acceptors (Lipinski definition) is 2. The molecular weight excluding hydrogens is 210 g/mol. The highest BCUT2D eigenvalue weighted by atomic mass is 15.0. The summed E-state index contributed by atoms with van der Waals surface area (Å²) in [7, 11) is 0. The van der Waals surface area contributed by atoms with Gasteiger partial charge in [0.1, 0.15) is 0 Å². The van der Waals surface area contributed by atoms with Crippen molar-refractivity contribution in [2.24, 2.45) is 5.73 Å². The Morgan fingerprint density at radius 1 is 1.29 bits per heavy atom. The van der Waals surface area contributed by atoms with Gasteiger partial charge >= 0.3 is 0 Å². The normalized spacial score (nSPS) is 10.7. The first-order valence-corrected chi connectivity index (χ1v) is 6.04. The van der Waals surface area contributed by atoms with E-state index in [1.807, 2.05) is 12.5 Å². The van der Waals surface area contributed by atoms with Crippen LogP contribution < -0.4 is 5.73 Å². The summed E-state index contributed by atoms with van der Waals surface area (Å²) in [6.07, 6.45) is 5.73. The number of imidazole rings is 1. The monoisotopic (exact) mass is 229 g/mol. The first kappa shape index (κ1) is 11.9. The van der Waals surface area contributed by atoms with Gasteiger partial charge in [-0.25, -0.2) is 4.98 Å². The van der Waals surface area contributed by atoms with Gasteiger partial charge in [-0.1, -0.05) is 29.8 Å². The fourth-order valence-electron chi connectivity index (χ4n) is 2.02. The molecule has 0 atom stereocenters. The van der Waals surface area contributed by atoms with Crippen molar-refractivity contribution in [3.05, 3.63) is 53.6 Å². The van der Waals surface area contributed by atoms with E-state index in [0.717, 1.165) is 19.4 Å². The lowest BCUT2D eigenvalue weighted by Gasteiger charge is -2.07. The highest BCUT2D eigenvalue weighted by molar-refractivity contribution is 5.22. The summed E-state index contributed by atoms with van der Waals surface area (Å²) >= 11 is 0. The molecule has 2 aromatic rings. The first-order valence-electron chi connectivity index (χ1n) is 6.04. The van der Waals surface area contributed by atoms with Crippen LogP contribution in [-0.2, 0) is 19.4 Å². The van der Waals surface area contributed by atoms with Gasteiger partial charge in [-0.05, 0) is 25.5 Å². The fourth-order valence-corrected chi connectivity index (χ4v) is 2.02. The second-order valence-corrected chi connectivity index (χ2v) is 4.36. The van der Waals surface area contributed by atoms with Crippen LogP contribution in [0, 0.1) is 6.92 Å². The Morgan fingerprint density at radius 2 is 2.18 bits per heavy atom. The summed E-state index contributed by atoms with van der Waals surface area (Å²) < 4.78 is 2.19. The van der Waals surface area contributed by atoms with Gasteiger partial charge in [0.15, 0.2) is 0 Å². The van der Waals surface area contributed by atoms with Crippen LogP contribution in [0.1, 0.15) is 16.8 Å². The third kappa shape index (κ3) is 3.17. The predicted molar refractivity (Wildman–Crippen MR) is 69.9 cm³/mol. The van der Waals surface area contributed by atoms with E-state index in [2.05, 4.69) is 40.7 Å². The molecule has 1 aromatic carbocycles. The minimum atomic E-state index is 0.677. The Bertz CT molecular complexity index is 474. The summed E-state index contributed by atoms with van der Waals surface area (Å²) in [5, 5.41) is 0. The molecule has 0 saturated carbocycles. The zero-order valence-electron chi connectivity index (χ0n) is 10.3. The lowest BCUT2D eigenvalue weighted by molar-refractivity contribution is 0.658. The lowest BCUT2D eigenvalue weighted by atomic mass is 10.1. The Hall–Kier alpha value is -1.61. The van der Waals surface area contributed by atoms with Crippen molar-refractivity contribution < 1.29 is 0 Å². The molecule has 1 aromatic heterocycles. The third-order valence-electron chi connectivity index (χ3n) is 2.92. The molecule has 3 heteroatoms. The third-order valence-corrected chi connectivity index (χ3v) is 2.92. The van der Waals surface area contributed by atoms with Crippen molar-refractivity contribution in [3.8, 4) is 0 Å². The van der Waals surface area contributed by atoms with Crippen LogP contribution in [0.5, 0.6) is 0 Å². The van der Waals surface area contributed by atoms with Gasteiger partial charge in [0.25, 0.3) is 0 Å². The highest BCUT2D eigenvalue weighted by Crippen LogP contribution is 2.07. The van der Waals surface area contributed by atoms with Crippen LogP contribution in [-0.4, -0.2) is 16.1 Å². The molecule has 90 valence electrons. The van der Waals surface area contributed by atoms with Crippen LogP contribution >= 0.6 is 0 Å². The largest absolute Gasteiger partial charge is 0.334 e. The van der Waals surface area contributed by atoms with Crippen molar-refractivity contribution in [3.63, 3.8) is 0 Å². The second kappa shape index (κ2) is 5.64. The van der Waals surface area contributed by atoms with E-state index in [1.165, 1.54) is 16.8 Å². The van der Waals surface area contributed by atoms with Gasteiger partial charge in [0, 0.05) is 24.9 Å². The number of aromatic nitrogens is 2. The van der Waals surface area contributed by atoms with Crippen molar-refractivity contribution in [2.75, 3.05) is 6.54 Å². The number of benzene rings is 1. The maximum Gasteiger partial charge on any atom is 0.0948 e. The van der Waals surface area contributed by atoms with Gasteiger partial charge < -0.3 is 10.3 Å². The standard InChI is InChI=1S/C14H19N3/c1-12-3-2-4-13(9-12)6-8-17-11-16-10-14(17)5-7-15/h2-4,9-11H,5-8,15H2,1H3. The van der Waals surface area contributed by atoms with Gasteiger partial charge in [0.05, 0.1) is 6.33 Å². The number of rotatable bonds is 5. The van der Waals surface area contributed by atoms with Gasteiger partial charge in [0.2, 0.25) is 0 Å². The van der Waals surface area contributed by atoms with Crippen LogP contribution in [0.15, 0.2) is 36.8 Å². The summed E-state index contributed by atoms with van der Waals surface area (Å²) in [5.74, 6) is 0. The van der Waals surface area contributed by atoms with Crippen molar-refractivity contribution in [1.82, 2.24) is 9.55 Å². The van der Waals surface area contributed by atoms with E-state index in [1.54, 1.807) is 0 Å². The summed E-state index contributed by atoms with van der Waals surface area (Å²) in [5.41, 5.74) is 9.48. The van der Waals surface area contributed by atoms with E-state index >= 15 is 0 Å². The van der Waals surface area contributed by atoms with E-state index in [4.69, 9.17) is 5.73 Å². The average molecular weight is 229 g/mol. The molecule has 1 heterocycles. The summed E-state index contributed by atoms with van der Waals surface area (Å²) in [6, 6.07) is 8.64. The fraction of sp³-hybridized carbons (Fsp3) is 0.357. The maximum atomic E-state index is 5.57. The summed E-state index contributed by atoms with van der Waals surface area (Å²) in [4.78, 5) is 4.18. The zero-order valence-corrected chi connectivity index (χ0v) is 10.3. The number of nitrogens with two attached hydrogens (primary N) is 1. The number of hydrogen-bond donors (Lipinski definition) is 1. The second-order valence-electron chi connectivity index (χ2n) is 4.36. The number of nitrogens with zero attached hydrogens (tertiary/aromatic N) is 2. The molecule has 0 aliphatic heterocycles. The highest BCUT2D eigenvalue weighted by Gasteiger charge is 2.01. The topological polar surface area (TPSA) is 43.8 Å². The molecule has 0 radical (unpaired) electrons. The molecule has 0 fully saturated rings. The van der Waals surface area contributed by atoms with Crippen LogP contribution in [0.2, 0.25) is 0 Å². The molecule has 0 unspecified atom stereocenters. The van der Waals surface area contributed by atoms with Gasteiger partial charge in [-0.3, -0.25) is 0 Å².